The van der Waals surface area contributed by atoms with Crippen LogP contribution in [0.15, 0.2) is 47.6 Å². The summed E-state index contributed by atoms with van der Waals surface area (Å²) in [4.78, 5) is 10.6. The molecule has 0 aliphatic heterocycles. The van der Waals surface area contributed by atoms with Crippen molar-refractivity contribution >= 4 is 23.0 Å². The molecule has 2 aromatic rings. The van der Waals surface area contributed by atoms with Gasteiger partial charge in [-0.25, -0.2) is 0 Å². The van der Waals surface area contributed by atoms with Gasteiger partial charge in [0.15, 0.2) is 5.75 Å². The van der Waals surface area contributed by atoms with Crippen molar-refractivity contribution in [3.05, 3.63) is 68.7 Å². The first kappa shape index (κ1) is 16.8. The van der Waals surface area contributed by atoms with E-state index in [1.54, 1.807) is 19.1 Å². The molecule has 2 aromatic carbocycles. The van der Waals surface area contributed by atoms with Crippen molar-refractivity contribution in [2.24, 2.45) is 5.10 Å². The third-order valence-corrected chi connectivity index (χ3v) is 3.49. The highest BCUT2D eigenvalue weighted by atomic mass is 35.5. The predicted octanol–water partition coefficient (Wildman–Crippen LogP) is 3.77. The van der Waals surface area contributed by atoms with Gasteiger partial charge in [0.2, 0.25) is 0 Å². The summed E-state index contributed by atoms with van der Waals surface area (Å²) in [6, 6.07) is 12.2. The van der Waals surface area contributed by atoms with Crippen molar-refractivity contribution in [1.29, 1.82) is 0 Å². The molecule has 0 saturated heterocycles. The van der Waals surface area contributed by atoms with Crippen LogP contribution in [0.25, 0.3) is 0 Å². The molecule has 0 fully saturated rings. The van der Waals surface area contributed by atoms with E-state index in [0.29, 0.717) is 22.8 Å². The van der Waals surface area contributed by atoms with E-state index in [4.69, 9.17) is 16.3 Å². The molecule has 0 aliphatic rings. The molecule has 0 radical (unpaired) electrons. The highest BCUT2D eigenvalue weighted by molar-refractivity contribution is 6.30. The maximum absolute atomic E-state index is 11.0. The fraction of sp³-hybridized carbons (Fsp3) is 0.188. The highest BCUT2D eigenvalue weighted by Gasteiger charge is 2.15. The number of methoxy groups -OCH3 is 1. The molecule has 0 bridgehead atoms. The second-order valence-electron chi connectivity index (χ2n) is 4.80. The quantitative estimate of drug-likeness (QED) is 0.496. The van der Waals surface area contributed by atoms with Gasteiger partial charge in [0.05, 0.1) is 24.3 Å². The number of hydrogen-bond acceptors (Lipinski definition) is 5. The standard InChI is InChI=1S/C16H16ClN3O3/c1-11(19-18-10-12-3-6-14(17)7-4-12)13-5-8-16(23-2)15(9-13)20(21)22/h3-9,18H,10H2,1-2H3/b19-11-. The number of nitro benzene ring substituents is 1. The SMILES string of the molecule is COc1ccc(/C(C)=N\NCc2ccc(Cl)cc2)cc1[N+](=O)[O-]. The van der Waals surface area contributed by atoms with Gasteiger partial charge in [0.1, 0.15) is 0 Å². The Balaban J connectivity index is 2.10. The highest BCUT2D eigenvalue weighted by Crippen LogP contribution is 2.27. The lowest BCUT2D eigenvalue weighted by Gasteiger charge is -2.06. The van der Waals surface area contributed by atoms with Gasteiger partial charge in [-0.15, -0.1) is 0 Å². The summed E-state index contributed by atoms with van der Waals surface area (Å²) in [6.45, 7) is 2.31. The fourth-order valence-corrected chi connectivity index (χ4v) is 2.10. The van der Waals surface area contributed by atoms with Gasteiger partial charge >= 0.3 is 5.69 Å². The topological polar surface area (TPSA) is 76.8 Å². The van der Waals surface area contributed by atoms with Crippen molar-refractivity contribution in [2.45, 2.75) is 13.5 Å². The third-order valence-electron chi connectivity index (χ3n) is 3.24. The zero-order chi connectivity index (χ0) is 16.8. The lowest BCUT2D eigenvalue weighted by molar-refractivity contribution is -0.385. The fourth-order valence-electron chi connectivity index (χ4n) is 1.97. The van der Waals surface area contributed by atoms with Gasteiger partial charge in [-0.2, -0.15) is 5.10 Å². The lowest BCUT2D eigenvalue weighted by atomic mass is 10.1. The summed E-state index contributed by atoms with van der Waals surface area (Å²) in [6.07, 6.45) is 0. The van der Waals surface area contributed by atoms with E-state index in [2.05, 4.69) is 10.5 Å². The number of hydrazone groups is 1. The van der Waals surface area contributed by atoms with Gasteiger partial charge in [0, 0.05) is 16.7 Å². The van der Waals surface area contributed by atoms with Gasteiger partial charge < -0.3 is 10.2 Å². The summed E-state index contributed by atoms with van der Waals surface area (Å²) in [7, 11) is 1.40. The van der Waals surface area contributed by atoms with Gasteiger partial charge in [-0.3, -0.25) is 10.1 Å². The number of rotatable bonds is 6. The monoisotopic (exact) mass is 333 g/mol. The molecule has 0 spiro atoms. The smallest absolute Gasteiger partial charge is 0.311 e. The number of benzene rings is 2. The average molecular weight is 334 g/mol. The van der Waals surface area contributed by atoms with Gasteiger partial charge in [-0.1, -0.05) is 23.7 Å². The number of halogens is 1. The Labute approximate surface area is 138 Å². The van der Waals surface area contributed by atoms with Crippen LogP contribution in [-0.4, -0.2) is 17.7 Å². The Kier molecular flexibility index (Phi) is 5.54. The van der Waals surface area contributed by atoms with Crippen LogP contribution < -0.4 is 10.2 Å². The molecule has 0 aliphatic carbocycles. The molecule has 0 atom stereocenters. The lowest BCUT2D eigenvalue weighted by Crippen LogP contribution is -2.09. The van der Waals surface area contributed by atoms with Crippen LogP contribution in [0.3, 0.4) is 0 Å². The second kappa shape index (κ2) is 7.60. The van der Waals surface area contributed by atoms with Crippen molar-refractivity contribution in [2.75, 3.05) is 7.11 Å². The van der Waals surface area contributed by atoms with E-state index >= 15 is 0 Å². The summed E-state index contributed by atoms with van der Waals surface area (Å²) >= 11 is 5.83. The molecule has 1 N–H and O–H groups in total. The van der Waals surface area contributed by atoms with Crippen LogP contribution in [0.5, 0.6) is 5.75 Å². The van der Waals surface area contributed by atoms with Crippen molar-refractivity contribution in [3.63, 3.8) is 0 Å². The van der Waals surface area contributed by atoms with Crippen molar-refractivity contribution in [1.82, 2.24) is 5.43 Å². The maximum Gasteiger partial charge on any atom is 0.311 e. The molecule has 7 heteroatoms. The minimum atomic E-state index is -0.475. The van der Waals surface area contributed by atoms with Crippen LogP contribution in [0.4, 0.5) is 5.69 Å². The van der Waals surface area contributed by atoms with E-state index in [-0.39, 0.29) is 11.4 Å². The van der Waals surface area contributed by atoms with Crippen LogP contribution in [0, 0.1) is 10.1 Å². The Morgan fingerprint density at radius 1 is 1.30 bits per heavy atom. The normalized spacial score (nSPS) is 11.2. The van der Waals surface area contributed by atoms with Crippen LogP contribution in [-0.2, 0) is 6.54 Å². The van der Waals surface area contributed by atoms with E-state index in [0.717, 1.165) is 5.56 Å². The molecule has 6 nitrogen and oxygen atoms in total. The molecule has 2 rings (SSSR count). The Morgan fingerprint density at radius 2 is 2.00 bits per heavy atom. The van der Waals surface area contributed by atoms with Crippen molar-refractivity contribution in [3.8, 4) is 5.75 Å². The van der Waals surface area contributed by atoms with E-state index in [9.17, 15) is 10.1 Å². The molecule has 120 valence electrons. The number of nitro groups is 1. The third kappa shape index (κ3) is 4.43. The minimum absolute atomic E-state index is 0.0859. The zero-order valence-electron chi connectivity index (χ0n) is 12.7. The first-order valence-corrected chi connectivity index (χ1v) is 7.23. The summed E-state index contributed by atoms with van der Waals surface area (Å²) in [5.41, 5.74) is 5.19. The molecular weight excluding hydrogens is 318 g/mol. The molecule has 0 aromatic heterocycles. The summed E-state index contributed by atoms with van der Waals surface area (Å²) in [5, 5.41) is 16.0. The van der Waals surface area contributed by atoms with Gasteiger partial charge in [0.25, 0.3) is 0 Å². The Hall–Kier alpha value is -2.60. The summed E-state index contributed by atoms with van der Waals surface area (Å²) < 4.78 is 4.98. The van der Waals surface area contributed by atoms with E-state index in [1.807, 2.05) is 24.3 Å². The van der Waals surface area contributed by atoms with Crippen LogP contribution in [0.1, 0.15) is 18.1 Å². The summed E-state index contributed by atoms with van der Waals surface area (Å²) in [5.74, 6) is 0.223. The zero-order valence-corrected chi connectivity index (χ0v) is 13.5. The Bertz CT molecular complexity index is 730. The second-order valence-corrected chi connectivity index (χ2v) is 5.24. The number of nitrogens with zero attached hydrogens (tertiary/aromatic N) is 2. The molecule has 0 unspecified atom stereocenters. The molecule has 0 saturated carbocycles. The first-order valence-electron chi connectivity index (χ1n) is 6.85. The number of nitrogens with one attached hydrogen (secondary N) is 1. The van der Waals surface area contributed by atoms with Crippen LogP contribution >= 0.6 is 11.6 Å². The minimum Gasteiger partial charge on any atom is -0.490 e. The van der Waals surface area contributed by atoms with Crippen LogP contribution in [0.2, 0.25) is 5.02 Å². The number of hydrogen-bond donors (Lipinski definition) is 1. The molecule has 23 heavy (non-hydrogen) atoms. The van der Waals surface area contributed by atoms with Crippen molar-refractivity contribution < 1.29 is 9.66 Å². The maximum atomic E-state index is 11.0. The van der Waals surface area contributed by atoms with E-state index in [1.165, 1.54) is 13.2 Å². The molecule has 0 heterocycles. The number of ether oxygens (including phenoxy) is 1. The Morgan fingerprint density at radius 3 is 2.61 bits per heavy atom. The largest absolute Gasteiger partial charge is 0.490 e. The predicted molar refractivity (Wildman–Crippen MR) is 90.2 cm³/mol. The average Bonchev–Trinajstić information content (AvgIpc) is 2.55. The molecular formula is C16H16ClN3O3. The van der Waals surface area contributed by atoms with Gasteiger partial charge in [-0.05, 0) is 36.8 Å². The molecule has 0 amide bonds. The van der Waals surface area contributed by atoms with E-state index < -0.39 is 4.92 Å². The first-order chi connectivity index (χ1) is 11.0.